The van der Waals surface area contributed by atoms with Gasteiger partial charge in [-0.1, -0.05) is 13.8 Å². The van der Waals surface area contributed by atoms with Crippen molar-refractivity contribution >= 4 is 0 Å². The van der Waals surface area contributed by atoms with E-state index >= 15 is 0 Å². The second-order valence-corrected chi connectivity index (χ2v) is 5.36. The van der Waals surface area contributed by atoms with Gasteiger partial charge in [0, 0.05) is 32.2 Å². The minimum absolute atomic E-state index is 0.693. The van der Waals surface area contributed by atoms with E-state index in [1.807, 2.05) is 0 Å². The molecule has 1 fully saturated rings. The molecule has 0 aromatic heterocycles. The van der Waals surface area contributed by atoms with Crippen molar-refractivity contribution in [3.8, 4) is 0 Å². The monoisotopic (exact) mass is 213 g/mol. The van der Waals surface area contributed by atoms with Crippen LogP contribution < -0.4 is 5.32 Å². The van der Waals surface area contributed by atoms with Gasteiger partial charge in [-0.15, -0.1) is 0 Å². The Morgan fingerprint density at radius 3 is 2.80 bits per heavy atom. The molecule has 1 saturated heterocycles. The molecule has 1 heterocycles. The summed E-state index contributed by atoms with van der Waals surface area (Å²) < 4.78 is 0. The first-order valence-corrected chi connectivity index (χ1v) is 6.18. The van der Waals surface area contributed by atoms with Crippen LogP contribution in [0.3, 0.4) is 0 Å². The first kappa shape index (κ1) is 12.9. The second kappa shape index (κ2) is 6.46. The summed E-state index contributed by atoms with van der Waals surface area (Å²) in [5, 5.41) is 3.59. The SMILES string of the molecule is CC(C)CN(C)CCC1CN(C)CCN1. The van der Waals surface area contributed by atoms with E-state index in [0.29, 0.717) is 6.04 Å². The van der Waals surface area contributed by atoms with E-state index in [4.69, 9.17) is 0 Å². The number of hydrogen-bond donors (Lipinski definition) is 1. The molecule has 1 rings (SSSR count). The van der Waals surface area contributed by atoms with Gasteiger partial charge in [-0.05, 0) is 33.0 Å². The summed E-state index contributed by atoms with van der Waals surface area (Å²) in [5.41, 5.74) is 0. The summed E-state index contributed by atoms with van der Waals surface area (Å²) >= 11 is 0. The van der Waals surface area contributed by atoms with Crippen LogP contribution >= 0.6 is 0 Å². The van der Waals surface area contributed by atoms with Crippen molar-refractivity contribution in [1.29, 1.82) is 0 Å². The zero-order valence-electron chi connectivity index (χ0n) is 10.8. The Morgan fingerprint density at radius 1 is 1.47 bits per heavy atom. The molecule has 0 aromatic carbocycles. The number of hydrogen-bond acceptors (Lipinski definition) is 3. The average Bonchev–Trinajstić information content (AvgIpc) is 2.14. The minimum atomic E-state index is 0.693. The summed E-state index contributed by atoms with van der Waals surface area (Å²) in [6, 6.07) is 0.693. The smallest absolute Gasteiger partial charge is 0.0207 e. The summed E-state index contributed by atoms with van der Waals surface area (Å²) in [5.74, 6) is 0.775. The Morgan fingerprint density at radius 2 is 2.20 bits per heavy atom. The number of piperazine rings is 1. The van der Waals surface area contributed by atoms with Gasteiger partial charge in [-0.2, -0.15) is 0 Å². The minimum Gasteiger partial charge on any atom is -0.311 e. The first-order valence-electron chi connectivity index (χ1n) is 6.18. The molecule has 15 heavy (non-hydrogen) atoms. The number of rotatable bonds is 5. The van der Waals surface area contributed by atoms with Crippen LogP contribution in [0.25, 0.3) is 0 Å². The van der Waals surface area contributed by atoms with Crippen LogP contribution in [0.5, 0.6) is 0 Å². The van der Waals surface area contributed by atoms with Crippen molar-refractivity contribution in [1.82, 2.24) is 15.1 Å². The van der Waals surface area contributed by atoms with Gasteiger partial charge in [-0.25, -0.2) is 0 Å². The fraction of sp³-hybridized carbons (Fsp3) is 1.00. The average molecular weight is 213 g/mol. The largest absolute Gasteiger partial charge is 0.311 e. The lowest BCUT2D eigenvalue weighted by Gasteiger charge is -2.32. The molecular weight excluding hydrogens is 186 g/mol. The third-order valence-electron chi connectivity index (χ3n) is 2.99. The Hall–Kier alpha value is -0.120. The van der Waals surface area contributed by atoms with Gasteiger partial charge >= 0.3 is 0 Å². The van der Waals surface area contributed by atoms with Crippen LogP contribution in [0.15, 0.2) is 0 Å². The molecule has 0 spiro atoms. The van der Waals surface area contributed by atoms with Crippen molar-refractivity contribution in [2.75, 3.05) is 46.8 Å². The third-order valence-corrected chi connectivity index (χ3v) is 2.99. The predicted molar refractivity (Wildman–Crippen MR) is 66.2 cm³/mol. The fourth-order valence-corrected chi connectivity index (χ4v) is 2.28. The molecule has 0 bridgehead atoms. The molecule has 1 atom stereocenters. The third kappa shape index (κ3) is 5.50. The standard InChI is InChI=1S/C12H27N3/c1-11(2)9-14(3)7-5-12-10-15(4)8-6-13-12/h11-13H,5-10H2,1-4H3. The molecule has 1 N–H and O–H groups in total. The maximum absolute atomic E-state index is 3.59. The lowest BCUT2D eigenvalue weighted by Crippen LogP contribution is -2.50. The van der Waals surface area contributed by atoms with Gasteiger partial charge in [0.25, 0.3) is 0 Å². The van der Waals surface area contributed by atoms with E-state index in [2.05, 4.69) is 43.1 Å². The van der Waals surface area contributed by atoms with E-state index in [0.717, 1.165) is 12.5 Å². The molecule has 90 valence electrons. The van der Waals surface area contributed by atoms with Crippen molar-refractivity contribution < 1.29 is 0 Å². The van der Waals surface area contributed by atoms with Crippen LogP contribution in [0.2, 0.25) is 0 Å². The highest BCUT2D eigenvalue weighted by Gasteiger charge is 2.16. The summed E-state index contributed by atoms with van der Waals surface area (Å²) in [7, 11) is 4.44. The van der Waals surface area contributed by atoms with Crippen LogP contribution in [0.4, 0.5) is 0 Å². The molecule has 0 amide bonds. The number of nitrogens with one attached hydrogen (secondary N) is 1. The highest BCUT2D eigenvalue weighted by molar-refractivity contribution is 4.77. The molecule has 0 aromatic rings. The van der Waals surface area contributed by atoms with E-state index in [1.165, 1.54) is 32.6 Å². The molecule has 0 aliphatic carbocycles. The van der Waals surface area contributed by atoms with Crippen molar-refractivity contribution in [3.63, 3.8) is 0 Å². The molecule has 3 nitrogen and oxygen atoms in total. The van der Waals surface area contributed by atoms with E-state index < -0.39 is 0 Å². The van der Waals surface area contributed by atoms with Crippen molar-refractivity contribution in [2.45, 2.75) is 26.3 Å². The van der Waals surface area contributed by atoms with Crippen LogP contribution in [0.1, 0.15) is 20.3 Å². The van der Waals surface area contributed by atoms with Gasteiger partial charge in [-0.3, -0.25) is 0 Å². The van der Waals surface area contributed by atoms with E-state index in [1.54, 1.807) is 0 Å². The molecular formula is C12H27N3. The van der Waals surface area contributed by atoms with Crippen LogP contribution in [-0.4, -0.2) is 62.7 Å². The Balaban J connectivity index is 2.13. The molecule has 0 radical (unpaired) electrons. The summed E-state index contributed by atoms with van der Waals surface area (Å²) in [4.78, 5) is 4.87. The molecule has 0 saturated carbocycles. The van der Waals surface area contributed by atoms with Crippen LogP contribution in [0, 0.1) is 5.92 Å². The zero-order valence-corrected chi connectivity index (χ0v) is 10.8. The van der Waals surface area contributed by atoms with Gasteiger partial charge < -0.3 is 15.1 Å². The zero-order chi connectivity index (χ0) is 11.3. The molecule has 1 aliphatic heterocycles. The second-order valence-electron chi connectivity index (χ2n) is 5.36. The van der Waals surface area contributed by atoms with Crippen LogP contribution in [-0.2, 0) is 0 Å². The molecule has 1 unspecified atom stereocenters. The van der Waals surface area contributed by atoms with E-state index in [9.17, 15) is 0 Å². The predicted octanol–water partition coefficient (Wildman–Crippen LogP) is 0.868. The Kier molecular flexibility index (Phi) is 5.58. The lowest BCUT2D eigenvalue weighted by molar-refractivity contribution is 0.209. The lowest BCUT2D eigenvalue weighted by atomic mass is 10.1. The normalized spacial score (nSPS) is 24.0. The van der Waals surface area contributed by atoms with Crippen molar-refractivity contribution in [2.24, 2.45) is 5.92 Å². The molecule has 1 aliphatic rings. The Labute approximate surface area is 94.8 Å². The first-order chi connectivity index (χ1) is 7.08. The van der Waals surface area contributed by atoms with Gasteiger partial charge in [0.1, 0.15) is 0 Å². The summed E-state index contributed by atoms with van der Waals surface area (Å²) in [6.45, 7) is 10.5. The topological polar surface area (TPSA) is 18.5 Å². The Bertz CT molecular complexity index is 170. The fourth-order valence-electron chi connectivity index (χ4n) is 2.28. The maximum Gasteiger partial charge on any atom is 0.0207 e. The summed E-state index contributed by atoms with van der Waals surface area (Å²) in [6.07, 6.45) is 1.27. The van der Waals surface area contributed by atoms with E-state index in [-0.39, 0.29) is 0 Å². The van der Waals surface area contributed by atoms with Gasteiger partial charge in [0.05, 0.1) is 0 Å². The highest BCUT2D eigenvalue weighted by atomic mass is 15.2. The van der Waals surface area contributed by atoms with Gasteiger partial charge in [0.2, 0.25) is 0 Å². The van der Waals surface area contributed by atoms with Gasteiger partial charge in [0.15, 0.2) is 0 Å². The van der Waals surface area contributed by atoms with Crippen molar-refractivity contribution in [3.05, 3.63) is 0 Å². The number of likely N-dealkylation sites (N-methyl/N-ethyl adjacent to an activating group) is 1. The molecule has 3 heteroatoms. The highest BCUT2D eigenvalue weighted by Crippen LogP contribution is 2.03. The quantitative estimate of drug-likeness (QED) is 0.731. The maximum atomic E-state index is 3.59. The number of nitrogens with zero attached hydrogens (tertiary/aromatic N) is 2.